The van der Waals surface area contributed by atoms with Crippen LogP contribution >= 0.6 is 0 Å². The van der Waals surface area contributed by atoms with Crippen molar-refractivity contribution in [2.75, 3.05) is 51.2 Å². The van der Waals surface area contributed by atoms with E-state index < -0.39 is 0 Å². The Kier molecular flexibility index (Phi) is 21.2. The smallest absolute Gasteiger partial charge is 0.872 e. The monoisotopic (exact) mass is 410 g/mol. The van der Waals surface area contributed by atoms with Crippen LogP contribution in [-0.2, 0) is 21.7 Å². The van der Waals surface area contributed by atoms with E-state index in [1.165, 1.54) is 0 Å². The molecule has 148 valence electrons. The molecule has 0 spiro atoms. The minimum Gasteiger partial charge on any atom is -0.872 e. The van der Waals surface area contributed by atoms with Crippen molar-refractivity contribution in [1.82, 2.24) is 0 Å². The van der Waals surface area contributed by atoms with Gasteiger partial charge in [0.15, 0.2) is 0 Å². The van der Waals surface area contributed by atoms with Gasteiger partial charge in [-0.2, -0.15) is 0 Å². The molecule has 0 saturated carbocycles. The zero-order valence-electron chi connectivity index (χ0n) is 17.1. The molecule has 27 heavy (non-hydrogen) atoms. The van der Waals surface area contributed by atoms with Gasteiger partial charge in [0.05, 0.1) is 0 Å². The third-order valence-electron chi connectivity index (χ3n) is 2.71. The summed E-state index contributed by atoms with van der Waals surface area (Å²) in [5, 5.41) is 39.1. The van der Waals surface area contributed by atoms with Crippen LogP contribution in [0.3, 0.4) is 0 Å². The van der Waals surface area contributed by atoms with Gasteiger partial charge in [-0.1, -0.05) is 38.1 Å². The summed E-state index contributed by atoms with van der Waals surface area (Å²) in [5.74, 6) is 0.121. The number of benzene rings is 2. The molecule has 0 fully saturated rings. The molecule has 0 aliphatic heterocycles. The Morgan fingerprint density at radius 1 is 0.593 bits per heavy atom. The quantitative estimate of drug-likeness (QED) is 0.664. The number of nitrogens with zero attached hydrogens (tertiary/aromatic N) is 2. The molecule has 2 rings (SSSR count). The topological polar surface area (TPSA) is 98.7 Å². The van der Waals surface area contributed by atoms with Crippen molar-refractivity contribution >= 4 is 11.4 Å². The van der Waals surface area contributed by atoms with E-state index in [-0.39, 0.29) is 46.4 Å². The molecular formula is C20H30N2O4Ti. The van der Waals surface area contributed by atoms with E-state index in [0.717, 1.165) is 11.4 Å². The Morgan fingerprint density at radius 2 is 0.778 bits per heavy atom. The normalized spacial score (nSPS) is 8.30. The van der Waals surface area contributed by atoms with Gasteiger partial charge >= 0.3 is 21.7 Å². The minimum absolute atomic E-state index is 0. The van der Waals surface area contributed by atoms with Gasteiger partial charge in [-0.3, -0.25) is 0 Å². The maximum absolute atomic E-state index is 10.6. The van der Waals surface area contributed by atoms with Gasteiger partial charge in [0.25, 0.3) is 0 Å². The standard InChI is InChI=1S/2C8H11NO.2C2H5O.Ti/c2*1-9(2)7-3-5-8(10)6-4-7;2*1-2-3;/h2*3-6,10H,1-2H3;2*2H2,1H3;/q;;2*-1;+4/p-2. The van der Waals surface area contributed by atoms with Crippen LogP contribution in [0, 0.1) is 0 Å². The molecule has 7 heteroatoms. The summed E-state index contributed by atoms with van der Waals surface area (Å²) in [6.07, 6.45) is 0. The summed E-state index contributed by atoms with van der Waals surface area (Å²) in [5.41, 5.74) is 2.11. The summed E-state index contributed by atoms with van der Waals surface area (Å²) >= 11 is 0. The zero-order valence-corrected chi connectivity index (χ0v) is 18.6. The largest absolute Gasteiger partial charge is 4.00 e. The average molecular weight is 410 g/mol. The first-order valence-corrected chi connectivity index (χ1v) is 8.28. The molecule has 2 aromatic carbocycles. The van der Waals surface area contributed by atoms with E-state index in [1.807, 2.05) is 62.3 Å². The molecule has 0 saturated heterocycles. The number of hydrogen-bond donors (Lipinski definition) is 0. The number of rotatable bonds is 2. The first kappa shape index (κ1) is 30.0. The molecule has 0 amide bonds. The van der Waals surface area contributed by atoms with Gasteiger partial charge in [0.2, 0.25) is 0 Å². The van der Waals surface area contributed by atoms with Crippen LogP contribution in [0.15, 0.2) is 48.5 Å². The van der Waals surface area contributed by atoms with E-state index in [4.69, 9.17) is 10.2 Å². The molecule has 0 heterocycles. The summed E-state index contributed by atoms with van der Waals surface area (Å²) in [6, 6.07) is 13.5. The third-order valence-corrected chi connectivity index (χ3v) is 2.71. The van der Waals surface area contributed by atoms with Crippen molar-refractivity contribution < 1.29 is 42.1 Å². The molecule has 0 radical (unpaired) electrons. The first-order chi connectivity index (χ1) is 12.2. The van der Waals surface area contributed by atoms with E-state index in [1.54, 1.807) is 38.1 Å². The van der Waals surface area contributed by atoms with Gasteiger partial charge in [0.1, 0.15) is 0 Å². The molecule has 0 aromatic heterocycles. The van der Waals surface area contributed by atoms with Crippen LogP contribution in [0.25, 0.3) is 0 Å². The second-order valence-corrected chi connectivity index (χ2v) is 5.35. The molecule has 0 bridgehead atoms. The predicted molar refractivity (Wildman–Crippen MR) is 102 cm³/mol. The summed E-state index contributed by atoms with van der Waals surface area (Å²) in [6.45, 7) is 3.14. The van der Waals surface area contributed by atoms with E-state index in [2.05, 4.69) is 0 Å². The van der Waals surface area contributed by atoms with Crippen molar-refractivity contribution in [2.24, 2.45) is 0 Å². The van der Waals surface area contributed by atoms with Crippen molar-refractivity contribution in [3.8, 4) is 11.5 Å². The van der Waals surface area contributed by atoms with Gasteiger partial charge in [-0.15, -0.1) is 24.7 Å². The van der Waals surface area contributed by atoms with Crippen molar-refractivity contribution in [1.29, 1.82) is 0 Å². The van der Waals surface area contributed by atoms with Crippen LogP contribution in [0.4, 0.5) is 11.4 Å². The van der Waals surface area contributed by atoms with Gasteiger partial charge in [-0.05, 0) is 24.3 Å². The number of anilines is 2. The van der Waals surface area contributed by atoms with Crippen LogP contribution in [-0.4, -0.2) is 41.4 Å². The maximum atomic E-state index is 10.6. The Bertz CT molecular complexity index is 495. The Balaban J connectivity index is -0.000000322. The molecule has 0 unspecified atom stereocenters. The molecule has 0 aliphatic rings. The van der Waals surface area contributed by atoms with Crippen molar-refractivity contribution in [3.63, 3.8) is 0 Å². The molecule has 0 N–H and O–H groups in total. The minimum atomic E-state index is 0. The second-order valence-electron chi connectivity index (χ2n) is 5.35. The Labute approximate surface area is 178 Å². The third kappa shape index (κ3) is 17.4. The van der Waals surface area contributed by atoms with Crippen LogP contribution < -0.4 is 30.2 Å². The first-order valence-electron chi connectivity index (χ1n) is 8.28. The molecule has 0 aliphatic carbocycles. The number of hydrogen-bond acceptors (Lipinski definition) is 6. The zero-order chi connectivity index (χ0) is 20.5. The predicted octanol–water partition coefficient (Wildman–Crippen LogP) is 0.383. The van der Waals surface area contributed by atoms with Crippen molar-refractivity contribution in [3.05, 3.63) is 48.5 Å². The van der Waals surface area contributed by atoms with Crippen LogP contribution in [0.2, 0.25) is 0 Å². The Hall–Kier alpha value is -1.73. The summed E-state index contributed by atoms with van der Waals surface area (Å²) in [7, 11) is 7.78. The maximum Gasteiger partial charge on any atom is 4.00 e. The SMILES string of the molecule is CC[O-].CC[O-].CN(C)c1ccc([O-])cc1.CN(C)c1ccc([O-])cc1.[Ti+4]. The summed E-state index contributed by atoms with van der Waals surface area (Å²) < 4.78 is 0. The van der Waals surface area contributed by atoms with Crippen LogP contribution in [0.1, 0.15) is 13.8 Å². The molecular weight excluding hydrogens is 380 g/mol. The fraction of sp³-hybridized carbons (Fsp3) is 0.400. The van der Waals surface area contributed by atoms with Crippen molar-refractivity contribution in [2.45, 2.75) is 13.8 Å². The Morgan fingerprint density at radius 3 is 0.926 bits per heavy atom. The van der Waals surface area contributed by atoms with E-state index in [0.29, 0.717) is 0 Å². The van der Waals surface area contributed by atoms with Crippen LogP contribution in [0.5, 0.6) is 11.5 Å². The molecule has 2 aromatic rings. The van der Waals surface area contributed by atoms with Gasteiger partial charge in [-0.25, -0.2) is 0 Å². The van der Waals surface area contributed by atoms with E-state index >= 15 is 0 Å². The second kappa shape index (κ2) is 19.0. The van der Waals surface area contributed by atoms with Gasteiger partial charge < -0.3 is 30.2 Å². The van der Waals surface area contributed by atoms with E-state index in [9.17, 15) is 10.2 Å². The average Bonchev–Trinajstić information content (AvgIpc) is 2.58. The summed E-state index contributed by atoms with van der Waals surface area (Å²) in [4.78, 5) is 3.92. The fourth-order valence-corrected chi connectivity index (χ4v) is 1.49. The fourth-order valence-electron chi connectivity index (χ4n) is 1.49. The molecule has 6 nitrogen and oxygen atoms in total. The molecule has 0 atom stereocenters. The van der Waals surface area contributed by atoms with Gasteiger partial charge in [0, 0.05) is 39.6 Å².